The Morgan fingerprint density at radius 1 is 1.32 bits per heavy atom. The van der Waals surface area contributed by atoms with Crippen molar-refractivity contribution < 1.29 is 13.2 Å². The number of fused-ring (bicyclic) bond motifs is 1. The highest BCUT2D eigenvalue weighted by Gasteiger charge is 2.24. The number of hydrogen-bond acceptors (Lipinski definition) is 4. The SMILES string of the molecule is Cc1ccc2cc(C(=O)NC3C=CS(=O)(=O)C3)c(=O)[nH]c2c1. The van der Waals surface area contributed by atoms with Crippen molar-refractivity contribution >= 4 is 26.6 Å². The highest BCUT2D eigenvalue weighted by Crippen LogP contribution is 2.14. The third-order valence-corrected chi connectivity index (χ3v) is 4.89. The number of pyridine rings is 1. The van der Waals surface area contributed by atoms with Crippen molar-refractivity contribution in [1.82, 2.24) is 10.3 Å². The Bertz CT molecular complexity index is 957. The van der Waals surface area contributed by atoms with Crippen molar-refractivity contribution in [3.8, 4) is 0 Å². The standard InChI is InChI=1S/C15H14N2O4S/c1-9-2-3-10-7-12(15(19)17-13(10)6-9)14(18)16-11-4-5-22(20,21)8-11/h2-7,11H,8H2,1H3,(H,16,18)(H,17,19). The van der Waals surface area contributed by atoms with E-state index in [1.54, 1.807) is 0 Å². The normalized spacial score (nSPS) is 19.4. The Morgan fingerprint density at radius 2 is 2.09 bits per heavy atom. The Morgan fingerprint density at radius 3 is 2.77 bits per heavy atom. The van der Waals surface area contributed by atoms with Crippen molar-refractivity contribution in [3.05, 3.63) is 57.2 Å². The van der Waals surface area contributed by atoms with Crippen LogP contribution in [0.15, 0.2) is 40.5 Å². The molecular formula is C15H14N2O4S. The number of carbonyl (C=O) groups excluding carboxylic acids is 1. The molecule has 22 heavy (non-hydrogen) atoms. The number of rotatable bonds is 2. The lowest BCUT2D eigenvalue weighted by Gasteiger charge is -2.10. The summed E-state index contributed by atoms with van der Waals surface area (Å²) < 4.78 is 22.7. The zero-order chi connectivity index (χ0) is 15.9. The molecule has 0 aliphatic carbocycles. The number of sulfone groups is 1. The Kier molecular flexibility index (Phi) is 3.37. The molecule has 0 bridgehead atoms. The van der Waals surface area contributed by atoms with E-state index in [0.29, 0.717) is 5.52 Å². The van der Waals surface area contributed by atoms with Crippen molar-refractivity contribution in [2.24, 2.45) is 0 Å². The quantitative estimate of drug-likeness (QED) is 0.859. The molecule has 7 heteroatoms. The topological polar surface area (TPSA) is 96.1 Å². The van der Waals surface area contributed by atoms with Crippen LogP contribution in [-0.4, -0.2) is 31.1 Å². The first-order valence-corrected chi connectivity index (χ1v) is 8.41. The predicted octanol–water partition coefficient (Wildman–Crippen LogP) is 0.877. The number of benzene rings is 1. The van der Waals surface area contributed by atoms with Crippen LogP contribution in [0, 0.1) is 6.92 Å². The van der Waals surface area contributed by atoms with Gasteiger partial charge in [-0.15, -0.1) is 0 Å². The second-order valence-electron chi connectivity index (χ2n) is 5.34. The summed E-state index contributed by atoms with van der Waals surface area (Å²) in [5.41, 5.74) is 1.13. The molecule has 1 aromatic carbocycles. The van der Waals surface area contributed by atoms with E-state index < -0.39 is 27.3 Å². The molecular weight excluding hydrogens is 304 g/mol. The maximum atomic E-state index is 12.2. The molecule has 0 fully saturated rings. The number of nitrogens with one attached hydrogen (secondary N) is 2. The molecule has 2 heterocycles. The second kappa shape index (κ2) is 5.10. The molecule has 1 aliphatic rings. The fourth-order valence-electron chi connectivity index (χ4n) is 2.40. The molecule has 0 saturated carbocycles. The van der Waals surface area contributed by atoms with E-state index in [1.807, 2.05) is 25.1 Å². The second-order valence-corrected chi connectivity index (χ2v) is 7.27. The molecule has 1 atom stereocenters. The van der Waals surface area contributed by atoms with Gasteiger partial charge in [-0.25, -0.2) is 8.42 Å². The maximum Gasteiger partial charge on any atom is 0.261 e. The molecule has 0 radical (unpaired) electrons. The molecule has 0 spiro atoms. The maximum absolute atomic E-state index is 12.2. The van der Waals surface area contributed by atoms with E-state index in [9.17, 15) is 18.0 Å². The zero-order valence-electron chi connectivity index (χ0n) is 11.8. The highest BCUT2D eigenvalue weighted by atomic mass is 32.2. The van der Waals surface area contributed by atoms with Gasteiger partial charge in [-0.05, 0) is 36.1 Å². The van der Waals surface area contributed by atoms with Gasteiger partial charge < -0.3 is 10.3 Å². The molecule has 1 unspecified atom stereocenters. The van der Waals surface area contributed by atoms with E-state index in [-0.39, 0.29) is 11.3 Å². The minimum absolute atomic E-state index is 0.0333. The first-order valence-electron chi connectivity index (χ1n) is 6.69. The summed E-state index contributed by atoms with van der Waals surface area (Å²) >= 11 is 0. The lowest BCUT2D eigenvalue weighted by Crippen LogP contribution is -2.38. The number of H-pyrrole nitrogens is 1. The van der Waals surface area contributed by atoms with Gasteiger partial charge in [0, 0.05) is 10.9 Å². The third-order valence-electron chi connectivity index (χ3n) is 3.49. The Hall–Kier alpha value is -2.41. The molecule has 3 rings (SSSR count). The Labute approximate surface area is 126 Å². The van der Waals surface area contributed by atoms with Crippen LogP contribution >= 0.6 is 0 Å². The minimum atomic E-state index is -3.25. The molecule has 114 valence electrons. The largest absolute Gasteiger partial charge is 0.345 e. The van der Waals surface area contributed by atoms with Gasteiger partial charge in [0.15, 0.2) is 9.84 Å². The highest BCUT2D eigenvalue weighted by molar-refractivity contribution is 7.94. The van der Waals surface area contributed by atoms with Gasteiger partial charge in [-0.3, -0.25) is 9.59 Å². The summed E-state index contributed by atoms with van der Waals surface area (Å²) in [6.07, 6.45) is 1.41. The van der Waals surface area contributed by atoms with E-state index in [0.717, 1.165) is 16.4 Å². The summed E-state index contributed by atoms with van der Waals surface area (Å²) in [7, 11) is -3.25. The summed E-state index contributed by atoms with van der Waals surface area (Å²) in [6.45, 7) is 1.91. The van der Waals surface area contributed by atoms with Crippen LogP contribution in [0.5, 0.6) is 0 Å². The van der Waals surface area contributed by atoms with Gasteiger partial charge in [0.2, 0.25) is 0 Å². The van der Waals surface area contributed by atoms with Crippen LogP contribution in [0.3, 0.4) is 0 Å². The first-order chi connectivity index (χ1) is 10.3. The zero-order valence-corrected chi connectivity index (χ0v) is 12.6. The summed E-state index contributed by atoms with van der Waals surface area (Å²) in [4.78, 5) is 26.9. The predicted molar refractivity (Wildman–Crippen MR) is 83.5 cm³/mol. The number of carbonyl (C=O) groups is 1. The molecule has 1 aliphatic heterocycles. The van der Waals surface area contributed by atoms with E-state index >= 15 is 0 Å². The molecule has 6 nitrogen and oxygen atoms in total. The lowest BCUT2D eigenvalue weighted by molar-refractivity contribution is 0.0946. The van der Waals surface area contributed by atoms with Gasteiger partial charge in [0.1, 0.15) is 5.56 Å². The van der Waals surface area contributed by atoms with Crippen LogP contribution in [0.25, 0.3) is 10.9 Å². The average Bonchev–Trinajstić information content (AvgIpc) is 2.76. The smallest absolute Gasteiger partial charge is 0.261 e. The lowest BCUT2D eigenvalue weighted by atomic mass is 10.1. The number of hydrogen-bond donors (Lipinski definition) is 2. The fraction of sp³-hybridized carbons (Fsp3) is 0.200. The minimum Gasteiger partial charge on any atom is -0.345 e. The van der Waals surface area contributed by atoms with Crippen molar-refractivity contribution in [1.29, 1.82) is 0 Å². The van der Waals surface area contributed by atoms with E-state index in [2.05, 4.69) is 10.3 Å². The summed E-state index contributed by atoms with van der Waals surface area (Å²) in [5.74, 6) is -0.765. The summed E-state index contributed by atoms with van der Waals surface area (Å²) in [5, 5.41) is 4.36. The molecule has 1 amide bonds. The molecule has 2 aromatic rings. The van der Waals surface area contributed by atoms with Crippen molar-refractivity contribution in [2.45, 2.75) is 13.0 Å². The fourth-order valence-corrected chi connectivity index (χ4v) is 3.63. The third kappa shape index (κ3) is 2.80. The van der Waals surface area contributed by atoms with Crippen LogP contribution in [0.4, 0.5) is 0 Å². The van der Waals surface area contributed by atoms with Crippen LogP contribution in [0.2, 0.25) is 0 Å². The van der Waals surface area contributed by atoms with Gasteiger partial charge in [-0.1, -0.05) is 12.1 Å². The average molecular weight is 318 g/mol. The molecule has 1 aromatic heterocycles. The molecule has 2 N–H and O–H groups in total. The molecule has 0 saturated heterocycles. The van der Waals surface area contributed by atoms with Gasteiger partial charge >= 0.3 is 0 Å². The van der Waals surface area contributed by atoms with Gasteiger partial charge in [-0.2, -0.15) is 0 Å². The van der Waals surface area contributed by atoms with Crippen molar-refractivity contribution in [3.63, 3.8) is 0 Å². The van der Waals surface area contributed by atoms with Crippen LogP contribution in [0.1, 0.15) is 15.9 Å². The van der Waals surface area contributed by atoms with E-state index in [4.69, 9.17) is 0 Å². The first kappa shape index (κ1) is 14.5. The Balaban J connectivity index is 1.91. The van der Waals surface area contributed by atoms with Crippen molar-refractivity contribution in [2.75, 3.05) is 5.75 Å². The monoisotopic (exact) mass is 318 g/mol. The number of aryl methyl sites for hydroxylation is 1. The number of aromatic nitrogens is 1. The van der Waals surface area contributed by atoms with Crippen LogP contribution < -0.4 is 10.9 Å². The number of aromatic amines is 1. The van der Waals surface area contributed by atoms with E-state index in [1.165, 1.54) is 12.1 Å². The van der Waals surface area contributed by atoms with Gasteiger partial charge in [0.25, 0.3) is 11.5 Å². The van der Waals surface area contributed by atoms with Crippen LogP contribution in [-0.2, 0) is 9.84 Å². The van der Waals surface area contributed by atoms with Gasteiger partial charge in [0.05, 0.1) is 11.8 Å². The number of amides is 1. The summed E-state index contributed by atoms with van der Waals surface area (Å²) in [6, 6.07) is 6.43.